The summed E-state index contributed by atoms with van der Waals surface area (Å²) in [7, 11) is 0.292. The topological polar surface area (TPSA) is 72.8 Å². The Morgan fingerprint density at radius 1 is 0.889 bits per heavy atom. The summed E-state index contributed by atoms with van der Waals surface area (Å²) < 4.78 is 43.5. The van der Waals surface area contributed by atoms with Crippen LogP contribution in [-0.4, -0.2) is 76.8 Å². The maximum absolute atomic E-state index is 11.0. The van der Waals surface area contributed by atoms with Crippen molar-refractivity contribution in [3.63, 3.8) is 0 Å². The lowest BCUT2D eigenvalue weighted by Crippen LogP contribution is -2.51. The van der Waals surface area contributed by atoms with Crippen molar-refractivity contribution >= 4 is 10.1 Å². The van der Waals surface area contributed by atoms with Gasteiger partial charge in [0.2, 0.25) is 0 Å². The molecule has 0 atom stereocenters. The Labute approximate surface area is 167 Å². The zero-order valence-electron chi connectivity index (χ0n) is 18.3. The van der Waals surface area contributed by atoms with E-state index in [9.17, 15) is 8.42 Å². The number of hydrogen-bond donors (Lipinski definition) is 1. The van der Waals surface area contributed by atoms with E-state index >= 15 is 0 Å². The number of unbranched alkanes of at least 4 members (excludes halogenated alkanes) is 4. The molecule has 0 aromatic rings. The van der Waals surface area contributed by atoms with Crippen LogP contribution in [0.4, 0.5) is 0 Å². The molecule has 1 N–H and O–H groups in total. The molecule has 0 aliphatic carbocycles. The lowest BCUT2D eigenvalue weighted by Gasteiger charge is -2.39. The fraction of sp³-hybridized carbons (Fsp3) is 1.00. The zero-order valence-corrected chi connectivity index (χ0v) is 19.2. The standard InChI is InChI=1S/C20H43NO5S/c1-6-8-10-14-25-18-20(3,19-26-15-11-9-7-2)17-21(4,5)13-12-16-27(22,23)24/h6-19H2,1-5H3/p+1. The highest BCUT2D eigenvalue weighted by Crippen LogP contribution is 2.23. The number of ether oxygens (including phenoxy) is 2. The molecule has 0 aromatic heterocycles. The predicted octanol–water partition coefficient (Wildman–Crippen LogP) is 3.76. The molecule has 0 rings (SSSR count). The first-order chi connectivity index (χ1) is 12.5. The van der Waals surface area contributed by atoms with Crippen molar-refractivity contribution in [1.82, 2.24) is 0 Å². The highest BCUT2D eigenvalue weighted by Gasteiger charge is 2.34. The van der Waals surface area contributed by atoms with E-state index in [4.69, 9.17) is 14.0 Å². The molecule has 0 spiro atoms. The van der Waals surface area contributed by atoms with E-state index in [1.165, 1.54) is 25.7 Å². The first-order valence-corrected chi connectivity index (χ1v) is 12.1. The number of quaternary nitrogens is 1. The molecule has 0 saturated carbocycles. The summed E-state index contributed by atoms with van der Waals surface area (Å²) in [5.41, 5.74) is -0.125. The van der Waals surface area contributed by atoms with E-state index < -0.39 is 10.1 Å². The number of rotatable bonds is 18. The normalized spacial score (nSPS) is 13.3. The van der Waals surface area contributed by atoms with Crippen LogP contribution < -0.4 is 0 Å². The Morgan fingerprint density at radius 2 is 1.37 bits per heavy atom. The molecular formula is C20H44NO5S+. The molecule has 0 aromatic carbocycles. The second-order valence-electron chi connectivity index (χ2n) is 8.79. The summed E-state index contributed by atoms with van der Waals surface area (Å²) in [4.78, 5) is 0. The van der Waals surface area contributed by atoms with E-state index in [0.717, 1.165) is 32.6 Å². The SMILES string of the molecule is CCCCCOCC(C)(COCCCCC)C[N+](C)(C)CCCS(=O)(=O)O. The maximum atomic E-state index is 11.0. The lowest BCUT2D eigenvalue weighted by molar-refractivity contribution is -0.897. The monoisotopic (exact) mass is 410 g/mol. The summed E-state index contributed by atoms with van der Waals surface area (Å²) in [6.45, 7) is 10.9. The van der Waals surface area contributed by atoms with Crippen LogP contribution in [-0.2, 0) is 19.6 Å². The Bertz CT molecular complexity index is 451. The fourth-order valence-corrected chi connectivity index (χ4v) is 3.96. The molecule has 0 unspecified atom stereocenters. The van der Waals surface area contributed by atoms with Gasteiger partial charge in [-0.2, -0.15) is 8.42 Å². The molecule has 0 radical (unpaired) electrons. The molecule has 0 fully saturated rings. The fourth-order valence-electron chi connectivity index (χ4n) is 3.47. The summed E-state index contributed by atoms with van der Waals surface area (Å²) >= 11 is 0. The van der Waals surface area contributed by atoms with Gasteiger partial charge in [0.15, 0.2) is 0 Å². The second kappa shape index (κ2) is 13.9. The van der Waals surface area contributed by atoms with Crippen molar-refractivity contribution in [3.05, 3.63) is 0 Å². The van der Waals surface area contributed by atoms with Gasteiger partial charge in [0.25, 0.3) is 10.1 Å². The van der Waals surface area contributed by atoms with Gasteiger partial charge in [0, 0.05) is 19.6 Å². The third-order valence-corrected chi connectivity index (χ3v) is 5.47. The second-order valence-corrected chi connectivity index (χ2v) is 10.4. The van der Waals surface area contributed by atoms with E-state index in [-0.39, 0.29) is 11.2 Å². The first kappa shape index (κ1) is 26.8. The van der Waals surface area contributed by atoms with Crippen LogP contribution in [0.5, 0.6) is 0 Å². The summed E-state index contributed by atoms with van der Waals surface area (Å²) in [5.74, 6) is -0.188. The Morgan fingerprint density at radius 3 is 1.78 bits per heavy atom. The van der Waals surface area contributed by atoms with Crippen molar-refractivity contribution < 1.29 is 26.9 Å². The third kappa shape index (κ3) is 16.4. The van der Waals surface area contributed by atoms with E-state index in [1.54, 1.807) is 0 Å². The Kier molecular flexibility index (Phi) is 13.8. The van der Waals surface area contributed by atoms with Gasteiger partial charge < -0.3 is 14.0 Å². The average molecular weight is 411 g/mol. The van der Waals surface area contributed by atoms with E-state index in [0.29, 0.717) is 30.7 Å². The van der Waals surface area contributed by atoms with Gasteiger partial charge in [-0.25, -0.2) is 0 Å². The van der Waals surface area contributed by atoms with E-state index in [2.05, 4.69) is 34.9 Å². The Balaban J connectivity index is 4.62. The summed E-state index contributed by atoms with van der Waals surface area (Å²) in [6, 6.07) is 0. The smallest absolute Gasteiger partial charge is 0.265 e. The van der Waals surface area contributed by atoms with Gasteiger partial charge in [0.1, 0.15) is 0 Å². The minimum absolute atomic E-state index is 0.125. The molecule has 7 heteroatoms. The molecule has 0 aliphatic rings. The molecule has 164 valence electrons. The molecule has 0 saturated heterocycles. The van der Waals surface area contributed by atoms with Gasteiger partial charge >= 0.3 is 0 Å². The van der Waals surface area contributed by atoms with Crippen molar-refractivity contribution in [2.75, 3.05) is 59.4 Å². The molecule has 6 nitrogen and oxygen atoms in total. The largest absolute Gasteiger partial charge is 0.381 e. The molecule has 0 heterocycles. The number of hydrogen-bond acceptors (Lipinski definition) is 4. The van der Waals surface area contributed by atoms with Crippen molar-refractivity contribution in [1.29, 1.82) is 0 Å². The van der Waals surface area contributed by atoms with Crippen LogP contribution in [0.2, 0.25) is 0 Å². The molecule has 0 aliphatic heterocycles. The summed E-state index contributed by atoms with van der Waals surface area (Å²) in [6.07, 6.45) is 7.32. The van der Waals surface area contributed by atoms with Crippen LogP contribution in [0, 0.1) is 5.41 Å². The predicted molar refractivity (Wildman–Crippen MR) is 112 cm³/mol. The minimum Gasteiger partial charge on any atom is -0.381 e. The van der Waals surface area contributed by atoms with Crippen LogP contribution >= 0.6 is 0 Å². The molecule has 0 bridgehead atoms. The number of nitrogens with zero attached hydrogens (tertiary/aromatic N) is 1. The van der Waals surface area contributed by atoms with Gasteiger partial charge in [0.05, 0.1) is 51.6 Å². The molecular weight excluding hydrogens is 366 g/mol. The molecule has 27 heavy (non-hydrogen) atoms. The minimum atomic E-state index is -3.90. The highest BCUT2D eigenvalue weighted by atomic mass is 32.2. The quantitative estimate of drug-likeness (QED) is 0.212. The van der Waals surface area contributed by atoms with Crippen LogP contribution in [0.3, 0.4) is 0 Å². The van der Waals surface area contributed by atoms with Crippen molar-refractivity contribution in [2.24, 2.45) is 5.41 Å². The van der Waals surface area contributed by atoms with Gasteiger partial charge in [-0.05, 0) is 19.8 Å². The molecule has 0 amide bonds. The maximum Gasteiger partial charge on any atom is 0.265 e. The first-order valence-electron chi connectivity index (χ1n) is 10.5. The average Bonchev–Trinajstić information content (AvgIpc) is 2.52. The Hall–Kier alpha value is -0.210. The van der Waals surface area contributed by atoms with Crippen LogP contribution in [0.1, 0.15) is 65.7 Å². The van der Waals surface area contributed by atoms with E-state index in [1.807, 2.05) is 0 Å². The summed E-state index contributed by atoms with van der Waals surface area (Å²) in [5, 5.41) is 0. The van der Waals surface area contributed by atoms with Crippen molar-refractivity contribution in [3.8, 4) is 0 Å². The van der Waals surface area contributed by atoms with Gasteiger partial charge in [-0.3, -0.25) is 4.55 Å². The van der Waals surface area contributed by atoms with Gasteiger partial charge in [-0.15, -0.1) is 0 Å². The lowest BCUT2D eigenvalue weighted by atomic mass is 9.91. The van der Waals surface area contributed by atoms with Crippen LogP contribution in [0.15, 0.2) is 0 Å². The third-order valence-electron chi connectivity index (χ3n) is 4.66. The highest BCUT2D eigenvalue weighted by molar-refractivity contribution is 7.85. The van der Waals surface area contributed by atoms with Crippen molar-refractivity contribution in [2.45, 2.75) is 65.7 Å². The van der Waals surface area contributed by atoms with Gasteiger partial charge in [-0.1, -0.05) is 39.5 Å². The van der Waals surface area contributed by atoms with Crippen LogP contribution in [0.25, 0.3) is 0 Å². The zero-order chi connectivity index (χ0) is 20.8.